The van der Waals surface area contributed by atoms with Gasteiger partial charge in [0.05, 0.1) is 16.5 Å². The van der Waals surface area contributed by atoms with Crippen LogP contribution in [0.25, 0.3) is 55.0 Å². The van der Waals surface area contributed by atoms with Crippen LogP contribution in [0.3, 0.4) is 0 Å². The zero-order chi connectivity index (χ0) is 33.7. The molecule has 0 saturated carbocycles. The van der Waals surface area contributed by atoms with Crippen molar-refractivity contribution in [1.82, 2.24) is 0 Å². The average Bonchev–Trinajstić information content (AvgIpc) is 3.71. The Labute approximate surface area is 296 Å². The molecule has 2 heteroatoms. The highest BCUT2D eigenvalue weighted by Gasteiger charge is 2.51. The van der Waals surface area contributed by atoms with E-state index in [2.05, 4.69) is 176 Å². The summed E-state index contributed by atoms with van der Waals surface area (Å²) in [5.41, 5.74) is 16.7. The molecule has 0 N–H and O–H groups in total. The Hall–Kier alpha value is -6.38. The molecule has 0 radical (unpaired) electrons. The van der Waals surface area contributed by atoms with Crippen molar-refractivity contribution in [2.45, 2.75) is 18.8 Å². The Balaban J connectivity index is 1.28. The fraction of sp³-hybridized carbons (Fsp3) is 0.0612. The number of anilines is 3. The molecule has 0 saturated heterocycles. The van der Waals surface area contributed by atoms with Gasteiger partial charge in [-0.05, 0) is 110 Å². The Bertz CT molecular complexity index is 2860. The maximum absolute atomic E-state index is 6.42. The molecule has 1 aromatic heterocycles. The molecular weight excluding hydrogens is 619 g/mol. The molecule has 0 aliphatic heterocycles. The maximum atomic E-state index is 6.42. The van der Waals surface area contributed by atoms with Crippen molar-refractivity contribution in [3.63, 3.8) is 0 Å². The van der Waals surface area contributed by atoms with Crippen molar-refractivity contribution in [2.75, 3.05) is 4.90 Å². The van der Waals surface area contributed by atoms with Gasteiger partial charge in [-0.25, -0.2) is 0 Å². The largest absolute Gasteiger partial charge is 0.456 e. The molecule has 1 unspecified atom stereocenters. The molecule has 2 aliphatic rings. The van der Waals surface area contributed by atoms with Gasteiger partial charge in [-0.2, -0.15) is 0 Å². The van der Waals surface area contributed by atoms with Gasteiger partial charge in [-0.1, -0.05) is 134 Å². The third-order valence-corrected chi connectivity index (χ3v) is 11.4. The number of nitrogens with zero attached hydrogens (tertiary/aromatic N) is 1. The third-order valence-electron chi connectivity index (χ3n) is 11.4. The normalized spacial score (nSPS) is 15.3. The van der Waals surface area contributed by atoms with Crippen LogP contribution in [0.4, 0.5) is 17.1 Å². The Morgan fingerprint density at radius 3 is 1.98 bits per heavy atom. The summed E-state index contributed by atoms with van der Waals surface area (Å²) in [6.07, 6.45) is 0.951. The summed E-state index contributed by atoms with van der Waals surface area (Å²) in [4.78, 5) is 2.42. The van der Waals surface area contributed by atoms with Crippen LogP contribution in [0.2, 0.25) is 0 Å². The van der Waals surface area contributed by atoms with Crippen LogP contribution < -0.4 is 4.90 Å². The van der Waals surface area contributed by atoms with E-state index >= 15 is 0 Å². The monoisotopic (exact) mass is 651 g/mol. The van der Waals surface area contributed by atoms with Gasteiger partial charge >= 0.3 is 0 Å². The Morgan fingerprint density at radius 2 is 1.16 bits per heavy atom. The lowest BCUT2D eigenvalue weighted by Crippen LogP contribution is -2.33. The summed E-state index contributed by atoms with van der Waals surface area (Å²) in [6, 6.07) is 62.5. The predicted octanol–water partition coefficient (Wildman–Crippen LogP) is 13.1. The van der Waals surface area contributed by atoms with Crippen LogP contribution in [0.1, 0.15) is 34.7 Å². The first-order valence-electron chi connectivity index (χ1n) is 17.9. The second-order valence-corrected chi connectivity index (χ2v) is 13.8. The average molecular weight is 652 g/mol. The first-order valence-corrected chi connectivity index (χ1v) is 17.9. The number of para-hydroxylation sites is 2. The van der Waals surface area contributed by atoms with Crippen LogP contribution in [-0.4, -0.2) is 0 Å². The molecule has 2 aliphatic carbocycles. The smallest absolute Gasteiger partial charge is 0.137 e. The molecule has 240 valence electrons. The summed E-state index contributed by atoms with van der Waals surface area (Å²) in [5.74, 6) is 0. The first-order chi connectivity index (χ1) is 25.3. The van der Waals surface area contributed by atoms with Crippen molar-refractivity contribution >= 4 is 49.8 Å². The summed E-state index contributed by atoms with van der Waals surface area (Å²) in [6.45, 7) is 2.31. The van der Waals surface area contributed by atoms with E-state index in [1.807, 2.05) is 6.07 Å². The Kier molecular flexibility index (Phi) is 5.89. The molecular formula is C49H33NO. The maximum Gasteiger partial charge on any atom is 0.137 e. The topological polar surface area (TPSA) is 16.4 Å². The van der Waals surface area contributed by atoms with E-state index in [1.165, 1.54) is 60.8 Å². The quantitative estimate of drug-likeness (QED) is 0.188. The lowest BCUT2D eigenvalue weighted by molar-refractivity contribution is 0.669. The van der Waals surface area contributed by atoms with Gasteiger partial charge in [0.1, 0.15) is 11.2 Å². The number of rotatable bonds is 4. The van der Waals surface area contributed by atoms with Crippen molar-refractivity contribution < 1.29 is 4.42 Å². The number of hydrogen-bond acceptors (Lipinski definition) is 2. The van der Waals surface area contributed by atoms with E-state index in [0.717, 1.165) is 45.4 Å². The standard InChI is InChI=1S/C49H33NO/c1-2-31-26-27-32-14-12-20-38-36-18-7-10-22-41(36)49(48(31)46(32)38)40-21-9-6-17-35(40)37-29-28-34(30-42(37)49)50(33-15-4-3-5-16-33)43-23-13-25-45-47(43)39-19-8-11-24-44(39)51-45/h3-30H,2H2,1H3. The van der Waals surface area contributed by atoms with Gasteiger partial charge in [0, 0.05) is 16.8 Å². The number of furan rings is 1. The fourth-order valence-electron chi connectivity index (χ4n) is 9.46. The fourth-order valence-corrected chi connectivity index (χ4v) is 9.46. The lowest BCUT2D eigenvalue weighted by atomic mass is 9.60. The lowest BCUT2D eigenvalue weighted by Gasteiger charge is -2.41. The zero-order valence-corrected chi connectivity index (χ0v) is 28.2. The molecule has 0 amide bonds. The van der Waals surface area contributed by atoms with Gasteiger partial charge in [0.25, 0.3) is 0 Å². The second kappa shape index (κ2) is 10.6. The number of fused-ring (bicyclic) bond motifs is 12. The minimum Gasteiger partial charge on any atom is -0.456 e. The molecule has 1 spiro atoms. The third kappa shape index (κ3) is 3.71. The van der Waals surface area contributed by atoms with Gasteiger partial charge in [-0.3, -0.25) is 0 Å². The summed E-state index contributed by atoms with van der Waals surface area (Å²) in [5, 5.41) is 4.90. The van der Waals surface area contributed by atoms with Crippen LogP contribution in [-0.2, 0) is 11.8 Å². The number of hydrogen-bond donors (Lipinski definition) is 0. The zero-order valence-electron chi connectivity index (χ0n) is 28.2. The van der Waals surface area contributed by atoms with Crippen molar-refractivity contribution in [3.05, 3.63) is 198 Å². The molecule has 9 aromatic rings. The van der Waals surface area contributed by atoms with Gasteiger partial charge in [-0.15, -0.1) is 0 Å². The van der Waals surface area contributed by atoms with Gasteiger partial charge in [0.2, 0.25) is 0 Å². The molecule has 0 fully saturated rings. The highest BCUT2D eigenvalue weighted by Crippen LogP contribution is 2.63. The van der Waals surface area contributed by atoms with E-state index in [1.54, 1.807) is 0 Å². The van der Waals surface area contributed by atoms with Gasteiger partial charge in [0.15, 0.2) is 0 Å². The van der Waals surface area contributed by atoms with E-state index < -0.39 is 5.41 Å². The second-order valence-electron chi connectivity index (χ2n) is 13.8. The highest BCUT2D eigenvalue weighted by molar-refractivity contribution is 6.14. The molecule has 2 nitrogen and oxygen atoms in total. The first kappa shape index (κ1) is 28.5. The van der Waals surface area contributed by atoms with Gasteiger partial charge < -0.3 is 9.32 Å². The summed E-state index contributed by atoms with van der Waals surface area (Å²) < 4.78 is 6.42. The molecule has 1 atom stereocenters. The van der Waals surface area contributed by atoms with Crippen molar-refractivity contribution in [2.24, 2.45) is 0 Å². The molecule has 0 bridgehead atoms. The highest BCUT2D eigenvalue weighted by atomic mass is 16.3. The van der Waals surface area contributed by atoms with Crippen molar-refractivity contribution in [1.29, 1.82) is 0 Å². The molecule has 8 aromatic carbocycles. The minimum absolute atomic E-state index is 0.492. The van der Waals surface area contributed by atoms with Crippen LogP contribution >= 0.6 is 0 Å². The van der Waals surface area contributed by atoms with Crippen LogP contribution in [0.5, 0.6) is 0 Å². The molecule has 1 heterocycles. The van der Waals surface area contributed by atoms with Crippen LogP contribution in [0, 0.1) is 0 Å². The number of benzene rings is 8. The minimum atomic E-state index is -0.492. The number of aryl methyl sites for hydroxylation is 1. The molecule has 51 heavy (non-hydrogen) atoms. The summed E-state index contributed by atoms with van der Waals surface area (Å²) in [7, 11) is 0. The Morgan fingerprint density at radius 1 is 0.490 bits per heavy atom. The molecule has 11 rings (SSSR count). The predicted molar refractivity (Wildman–Crippen MR) is 212 cm³/mol. The van der Waals surface area contributed by atoms with Crippen molar-refractivity contribution in [3.8, 4) is 22.3 Å². The SMILES string of the molecule is CCc1ccc2cccc3c2c1C1(c2ccccc2-c2ccc(N(c4ccccc4)c4cccc5oc6ccccc6c45)cc21)c1ccccc1-3. The van der Waals surface area contributed by atoms with E-state index in [9.17, 15) is 0 Å². The van der Waals surface area contributed by atoms with Crippen LogP contribution in [0.15, 0.2) is 174 Å². The van der Waals surface area contributed by atoms with E-state index in [-0.39, 0.29) is 0 Å². The van der Waals surface area contributed by atoms with E-state index in [0.29, 0.717) is 0 Å². The summed E-state index contributed by atoms with van der Waals surface area (Å²) >= 11 is 0. The van der Waals surface area contributed by atoms with E-state index in [4.69, 9.17) is 4.42 Å².